The molecule has 0 spiro atoms. The van der Waals surface area contributed by atoms with Crippen LogP contribution in [0.25, 0.3) is 10.9 Å². The van der Waals surface area contributed by atoms with Gasteiger partial charge in [0.1, 0.15) is 5.75 Å². The number of aromatic nitrogens is 2. The fraction of sp³-hybridized carbons (Fsp3) is 0. The maximum absolute atomic E-state index is 5.79. The number of para-hydroxylation sites is 1. The van der Waals surface area contributed by atoms with Gasteiger partial charge in [-0.15, -0.1) is 0 Å². The lowest BCUT2D eigenvalue weighted by Crippen LogP contribution is -1.98. The molecule has 1 aromatic heterocycles. The van der Waals surface area contributed by atoms with Crippen LogP contribution in [-0.2, 0) is 0 Å². The largest absolute Gasteiger partial charge is 0.438 e. The second-order valence-corrected chi connectivity index (χ2v) is 5.21. The summed E-state index contributed by atoms with van der Waals surface area (Å²) in [6.45, 7) is 0. The van der Waals surface area contributed by atoms with Gasteiger partial charge in [-0.2, -0.15) is 4.98 Å². The average molecular weight is 363 g/mol. The third-order valence-electron chi connectivity index (χ3n) is 2.61. The van der Waals surface area contributed by atoms with E-state index in [1.165, 1.54) is 0 Å². The van der Waals surface area contributed by atoms with E-state index in [0.29, 0.717) is 5.88 Å². The van der Waals surface area contributed by atoms with Gasteiger partial charge >= 0.3 is 0 Å². The fourth-order valence-electron chi connectivity index (χ4n) is 1.76. The van der Waals surface area contributed by atoms with E-state index in [9.17, 15) is 0 Å². The van der Waals surface area contributed by atoms with Crippen molar-refractivity contribution >= 4 is 39.4 Å². The Hall–Kier alpha value is -1.89. The molecule has 0 aliphatic rings. The Bertz CT molecular complexity index is 728. The van der Waals surface area contributed by atoms with E-state index in [-0.39, 0.29) is 5.95 Å². The second kappa shape index (κ2) is 5.00. The monoisotopic (exact) mass is 363 g/mol. The van der Waals surface area contributed by atoms with Crippen LogP contribution >= 0.6 is 22.6 Å². The summed E-state index contributed by atoms with van der Waals surface area (Å²) in [5.74, 6) is 1.41. The highest BCUT2D eigenvalue weighted by atomic mass is 127. The number of nitrogens with two attached hydrogens (primary N) is 1. The SMILES string of the molecule is Nc1nc(Oc2ccc(I)cc2)c2ccccc2n1. The number of nitrogens with zero attached hydrogens (tertiary/aromatic N) is 2. The van der Waals surface area contributed by atoms with Crippen LogP contribution in [0.5, 0.6) is 11.6 Å². The van der Waals surface area contributed by atoms with Gasteiger partial charge < -0.3 is 10.5 Å². The molecule has 3 aromatic rings. The molecule has 3 rings (SSSR count). The van der Waals surface area contributed by atoms with Crippen molar-refractivity contribution in [2.75, 3.05) is 5.73 Å². The van der Waals surface area contributed by atoms with Crippen molar-refractivity contribution in [1.29, 1.82) is 0 Å². The first kappa shape index (κ1) is 12.2. The zero-order valence-corrected chi connectivity index (χ0v) is 12.0. The van der Waals surface area contributed by atoms with Gasteiger partial charge in [-0.05, 0) is 59.0 Å². The molecule has 94 valence electrons. The normalized spacial score (nSPS) is 10.6. The van der Waals surface area contributed by atoms with Crippen LogP contribution in [0, 0.1) is 3.57 Å². The van der Waals surface area contributed by atoms with Gasteiger partial charge in [0.05, 0.1) is 10.9 Å². The summed E-state index contributed by atoms with van der Waals surface area (Å²) in [7, 11) is 0. The Kier molecular flexibility index (Phi) is 3.20. The van der Waals surface area contributed by atoms with Gasteiger partial charge in [0.25, 0.3) is 0 Å². The topological polar surface area (TPSA) is 61.0 Å². The van der Waals surface area contributed by atoms with E-state index < -0.39 is 0 Å². The van der Waals surface area contributed by atoms with Crippen molar-refractivity contribution < 1.29 is 4.74 Å². The number of halogens is 1. The number of ether oxygens (including phenoxy) is 1. The molecular formula is C14H10IN3O. The van der Waals surface area contributed by atoms with Crippen molar-refractivity contribution in [1.82, 2.24) is 9.97 Å². The zero-order chi connectivity index (χ0) is 13.2. The summed E-state index contributed by atoms with van der Waals surface area (Å²) in [4.78, 5) is 8.34. The van der Waals surface area contributed by atoms with Crippen LogP contribution in [-0.4, -0.2) is 9.97 Å². The number of nitrogen functional groups attached to an aromatic ring is 1. The highest BCUT2D eigenvalue weighted by Crippen LogP contribution is 2.28. The van der Waals surface area contributed by atoms with E-state index >= 15 is 0 Å². The summed E-state index contributed by atoms with van der Waals surface area (Å²) in [6, 6.07) is 15.4. The summed E-state index contributed by atoms with van der Waals surface area (Å²) in [6.07, 6.45) is 0. The Morgan fingerprint density at radius 2 is 1.68 bits per heavy atom. The van der Waals surface area contributed by atoms with Gasteiger partial charge in [0, 0.05) is 3.57 Å². The highest BCUT2D eigenvalue weighted by molar-refractivity contribution is 14.1. The lowest BCUT2D eigenvalue weighted by molar-refractivity contribution is 0.469. The van der Waals surface area contributed by atoms with Gasteiger partial charge in [0.2, 0.25) is 11.8 Å². The molecule has 5 heteroatoms. The third-order valence-corrected chi connectivity index (χ3v) is 3.33. The molecule has 19 heavy (non-hydrogen) atoms. The number of rotatable bonds is 2. The number of fused-ring (bicyclic) bond motifs is 1. The van der Waals surface area contributed by atoms with E-state index in [1.54, 1.807) is 0 Å². The van der Waals surface area contributed by atoms with Crippen LogP contribution < -0.4 is 10.5 Å². The van der Waals surface area contributed by atoms with Crippen LogP contribution in [0.3, 0.4) is 0 Å². The first-order chi connectivity index (χ1) is 9.22. The molecule has 0 bridgehead atoms. The first-order valence-electron chi connectivity index (χ1n) is 5.68. The minimum atomic E-state index is 0.208. The minimum absolute atomic E-state index is 0.208. The second-order valence-electron chi connectivity index (χ2n) is 3.96. The number of benzene rings is 2. The van der Waals surface area contributed by atoms with Gasteiger partial charge in [0.15, 0.2) is 0 Å². The molecule has 0 fully saturated rings. The van der Waals surface area contributed by atoms with E-state index in [0.717, 1.165) is 20.2 Å². The standard InChI is InChI=1S/C14H10IN3O/c15-9-5-7-10(8-6-9)19-13-11-3-1-2-4-12(11)17-14(16)18-13/h1-8H,(H2,16,17,18). The molecule has 0 saturated heterocycles. The van der Waals surface area contributed by atoms with Crippen molar-refractivity contribution in [2.45, 2.75) is 0 Å². The average Bonchev–Trinajstić information content (AvgIpc) is 2.41. The predicted molar refractivity (Wildman–Crippen MR) is 83.2 cm³/mol. The molecule has 1 heterocycles. The molecule has 0 aliphatic carbocycles. The molecule has 4 nitrogen and oxygen atoms in total. The highest BCUT2D eigenvalue weighted by Gasteiger charge is 2.07. The maximum atomic E-state index is 5.79. The Morgan fingerprint density at radius 3 is 2.47 bits per heavy atom. The molecule has 2 N–H and O–H groups in total. The fourth-order valence-corrected chi connectivity index (χ4v) is 2.12. The Morgan fingerprint density at radius 1 is 0.947 bits per heavy atom. The molecule has 0 aliphatic heterocycles. The van der Waals surface area contributed by atoms with E-state index in [2.05, 4.69) is 32.6 Å². The molecule has 0 atom stereocenters. The first-order valence-corrected chi connectivity index (χ1v) is 6.76. The molecule has 2 aromatic carbocycles. The number of hydrogen-bond donors (Lipinski definition) is 1. The summed E-state index contributed by atoms with van der Waals surface area (Å²) < 4.78 is 6.94. The van der Waals surface area contributed by atoms with Crippen LogP contribution in [0.15, 0.2) is 48.5 Å². The lowest BCUT2D eigenvalue weighted by Gasteiger charge is -2.08. The predicted octanol–water partition coefficient (Wildman–Crippen LogP) is 3.61. The molecule has 0 radical (unpaired) electrons. The summed E-state index contributed by atoms with van der Waals surface area (Å²) >= 11 is 2.25. The van der Waals surface area contributed by atoms with Crippen LogP contribution in [0.4, 0.5) is 5.95 Å². The van der Waals surface area contributed by atoms with Crippen molar-refractivity contribution in [3.05, 3.63) is 52.1 Å². The van der Waals surface area contributed by atoms with Crippen LogP contribution in [0.1, 0.15) is 0 Å². The maximum Gasteiger partial charge on any atom is 0.231 e. The van der Waals surface area contributed by atoms with E-state index in [1.807, 2.05) is 48.5 Å². The number of anilines is 1. The third kappa shape index (κ3) is 2.60. The van der Waals surface area contributed by atoms with Crippen molar-refractivity contribution in [3.63, 3.8) is 0 Å². The Balaban J connectivity index is 2.07. The Labute approximate surface area is 123 Å². The van der Waals surface area contributed by atoms with Crippen LogP contribution in [0.2, 0.25) is 0 Å². The van der Waals surface area contributed by atoms with Crippen molar-refractivity contribution in [3.8, 4) is 11.6 Å². The molecular weight excluding hydrogens is 353 g/mol. The number of hydrogen-bond acceptors (Lipinski definition) is 4. The smallest absolute Gasteiger partial charge is 0.231 e. The van der Waals surface area contributed by atoms with Gasteiger partial charge in [-0.25, -0.2) is 4.98 Å². The van der Waals surface area contributed by atoms with Gasteiger partial charge in [-0.1, -0.05) is 12.1 Å². The zero-order valence-electron chi connectivity index (χ0n) is 9.88. The summed E-state index contributed by atoms with van der Waals surface area (Å²) in [5, 5.41) is 0.843. The molecule has 0 unspecified atom stereocenters. The molecule has 0 saturated carbocycles. The lowest BCUT2D eigenvalue weighted by atomic mass is 10.2. The molecule has 0 amide bonds. The minimum Gasteiger partial charge on any atom is -0.438 e. The van der Waals surface area contributed by atoms with E-state index in [4.69, 9.17) is 10.5 Å². The van der Waals surface area contributed by atoms with Gasteiger partial charge in [-0.3, -0.25) is 0 Å². The quantitative estimate of drug-likeness (QED) is 0.707. The summed E-state index contributed by atoms with van der Waals surface area (Å²) in [5.41, 5.74) is 6.47. The van der Waals surface area contributed by atoms with Crippen molar-refractivity contribution in [2.24, 2.45) is 0 Å².